The van der Waals surface area contributed by atoms with Gasteiger partial charge in [-0.1, -0.05) is 64.1 Å². The first-order valence-corrected chi connectivity index (χ1v) is 16.9. The molecule has 0 bridgehead atoms. The number of nitrogens with zero attached hydrogens (tertiary/aromatic N) is 2. The van der Waals surface area contributed by atoms with Crippen LogP contribution in [0.15, 0.2) is 48.1 Å². The molecule has 10 heteroatoms. The van der Waals surface area contributed by atoms with Gasteiger partial charge in [0.05, 0.1) is 17.6 Å². The van der Waals surface area contributed by atoms with Gasteiger partial charge in [-0.15, -0.1) is 6.10 Å². The van der Waals surface area contributed by atoms with E-state index in [1.165, 1.54) is 24.3 Å². The minimum absolute atomic E-state index is 0.0484. The smallest absolute Gasteiger partial charge is 0.416 e. The molecule has 1 saturated carbocycles. The van der Waals surface area contributed by atoms with Gasteiger partial charge >= 0.3 is 12.4 Å². The van der Waals surface area contributed by atoms with E-state index in [2.05, 4.69) is 0 Å². The number of hydrogen-bond donors (Lipinski definition) is 1. The minimum atomic E-state index is -4.56. The van der Waals surface area contributed by atoms with Crippen molar-refractivity contribution in [2.75, 3.05) is 0 Å². The normalized spacial score (nSPS) is 23.0. The summed E-state index contributed by atoms with van der Waals surface area (Å²) >= 11 is 0. The molecule has 1 N–H and O–H groups in total. The standard InChI is InChI=1S/C38H45F6N2O2/c1-7-25-21(5)45(19-23-15-11-13-17-29(23)37(39,40)41)33(27(25)9-3)31-35(47)32(36(31)48)34-28(10-4)26(8-2)22(6)46(34)20-24-16-12-14-18-30(24)38(42,43)44/h11-17,30-32,35-36,47H,7-10,18-20H2,1-6H3/q-1/t30?,31-,32?,35?,36?/m0/s1. The second kappa shape index (κ2) is 13.6. The maximum Gasteiger partial charge on any atom is 0.416 e. The summed E-state index contributed by atoms with van der Waals surface area (Å²) in [7, 11) is 0. The van der Waals surface area contributed by atoms with Crippen LogP contribution in [0.3, 0.4) is 0 Å². The molecule has 0 saturated heterocycles. The van der Waals surface area contributed by atoms with E-state index in [1.54, 1.807) is 16.7 Å². The number of aliphatic hydroxyl groups is 1. The van der Waals surface area contributed by atoms with E-state index < -0.39 is 47.9 Å². The Hall–Kier alpha value is -3.24. The fraction of sp³-hybridized carbons (Fsp3) is 0.526. The van der Waals surface area contributed by atoms with Crippen molar-refractivity contribution in [2.45, 2.75) is 123 Å². The number of allylic oxidation sites excluding steroid dienone is 4. The van der Waals surface area contributed by atoms with Gasteiger partial charge in [0.1, 0.15) is 0 Å². The largest absolute Gasteiger partial charge is 0.851 e. The third-order valence-electron chi connectivity index (χ3n) is 10.8. The van der Waals surface area contributed by atoms with Crippen LogP contribution < -0.4 is 5.11 Å². The quantitative estimate of drug-likeness (QED) is 0.220. The Labute approximate surface area is 278 Å². The number of rotatable bonds is 10. The molecule has 0 radical (unpaired) electrons. The predicted molar refractivity (Wildman–Crippen MR) is 173 cm³/mol. The van der Waals surface area contributed by atoms with Crippen LogP contribution >= 0.6 is 0 Å². The minimum Gasteiger partial charge on any atom is -0.851 e. The lowest BCUT2D eigenvalue weighted by molar-refractivity contribution is -0.463. The van der Waals surface area contributed by atoms with Crippen molar-refractivity contribution in [2.24, 2.45) is 5.92 Å². The number of alkyl halides is 6. The van der Waals surface area contributed by atoms with Crippen LogP contribution in [0.4, 0.5) is 26.3 Å². The second-order valence-electron chi connectivity index (χ2n) is 13.1. The molecular formula is C38H45F6N2O2-. The molecular weight excluding hydrogens is 630 g/mol. The van der Waals surface area contributed by atoms with Gasteiger partial charge in [0, 0.05) is 47.7 Å². The molecule has 0 spiro atoms. The summed E-state index contributed by atoms with van der Waals surface area (Å²) in [5.74, 6) is -3.44. The Morgan fingerprint density at radius 1 is 0.771 bits per heavy atom. The van der Waals surface area contributed by atoms with E-state index in [4.69, 9.17) is 0 Å². The van der Waals surface area contributed by atoms with Gasteiger partial charge in [0.2, 0.25) is 0 Å². The summed E-state index contributed by atoms with van der Waals surface area (Å²) in [6.45, 7) is 11.4. The molecule has 48 heavy (non-hydrogen) atoms. The highest BCUT2D eigenvalue weighted by Crippen LogP contribution is 2.52. The summed E-state index contributed by atoms with van der Waals surface area (Å²) in [5, 5.41) is 26.5. The summed E-state index contributed by atoms with van der Waals surface area (Å²) in [5.41, 5.74) is 5.90. The Kier molecular flexibility index (Phi) is 10.2. The fourth-order valence-electron chi connectivity index (χ4n) is 8.45. The average molecular weight is 676 g/mol. The molecule has 3 aromatic rings. The van der Waals surface area contributed by atoms with E-state index >= 15 is 0 Å². The van der Waals surface area contributed by atoms with Crippen molar-refractivity contribution < 1.29 is 36.6 Å². The Balaban J connectivity index is 1.61. The summed E-state index contributed by atoms with van der Waals surface area (Å²) in [6, 6.07) is 5.40. The maximum absolute atomic E-state index is 14.5. The van der Waals surface area contributed by atoms with Crippen LogP contribution in [0.2, 0.25) is 0 Å². The molecule has 1 aromatic carbocycles. The van der Waals surface area contributed by atoms with Crippen molar-refractivity contribution in [3.8, 4) is 0 Å². The molecule has 5 atom stereocenters. The first-order valence-electron chi connectivity index (χ1n) is 16.9. The second-order valence-corrected chi connectivity index (χ2v) is 13.1. The lowest BCUT2D eigenvalue weighted by Gasteiger charge is -2.55. The summed E-state index contributed by atoms with van der Waals surface area (Å²) < 4.78 is 88.0. The molecule has 4 nitrogen and oxygen atoms in total. The molecule has 2 aliphatic rings. The number of aromatic nitrogens is 2. The molecule has 2 aromatic heterocycles. The van der Waals surface area contributed by atoms with Crippen molar-refractivity contribution in [3.05, 3.63) is 104 Å². The van der Waals surface area contributed by atoms with Gasteiger partial charge in [-0.3, -0.25) is 0 Å². The SMILES string of the molecule is CCc1c(CC)c(C2C([O-])[C@@H](c3c(CC)c(CC)c(C)n3Cc3ccccc3C(F)(F)F)C2O)n(CC2=CC=CCC2C(F)(F)F)c1C. The molecule has 0 aliphatic heterocycles. The van der Waals surface area contributed by atoms with Crippen LogP contribution in [0, 0.1) is 19.8 Å². The van der Waals surface area contributed by atoms with Crippen LogP contribution in [0.25, 0.3) is 0 Å². The number of halogens is 6. The number of hydrogen-bond acceptors (Lipinski definition) is 2. The van der Waals surface area contributed by atoms with Gasteiger partial charge < -0.3 is 19.3 Å². The third-order valence-corrected chi connectivity index (χ3v) is 10.8. The van der Waals surface area contributed by atoms with Crippen molar-refractivity contribution in [1.29, 1.82) is 0 Å². The Morgan fingerprint density at radius 2 is 1.27 bits per heavy atom. The zero-order valence-corrected chi connectivity index (χ0v) is 28.4. The van der Waals surface area contributed by atoms with E-state index in [1.807, 2.05) is 46.1 Å². The molecule has 4 unspecified atom stereocenters. The van der Waals surface area contributed by atoms with E-state index in [9.17, 15) is 36.6 Å². The average Bonchev–Trinajstić information content (AvgIpc) is 3.44. The number of benzene rings is 1. The lowest BCUT2D eigenvalue weighted by atomic mass is 9.64. The molecule has 5 rings (SSSR count). The highest BCUT2D eigenvalue weighted by molar-refractivity contribution is 5.49. The first-order chi connectivity index (χ1) is 22.6. The van der Waals surface area contributed by atoms with Gasteiger partial charge in [-0.05, 0) is 85.4 Å². The Bertz CT molecular complexity index is 1700. The van der Waals surface area contributed by atoms with Crippen LogP contribution in [0.5, 0.6) is 0 Å². The van der Waals surface area contributed by atoms with E-state index in [-0.39, 0.29) is 30.6 Å². The monoisotopic (exact) mass is 675 g/mol. The highest BCUT2D eigenvalue weighted by atomic mass is 19.4. The fourth-order valence-corrected chi connectivity index (χ4v) is 8.45. The zero-order valence-electron chi connectivity index (χ0n) is 28.4. The molecule has 262 valence electrons. The molecule has 2 aliphatic carbocycles. The molecule has 1 fully saturated rings. The highest BCUT2D eigenvalue weighted by Gasteiger charge is 2.50. The topological polar surface area (TPSA) is 53.1 Å². The zero-order chi connectivity index (χ0) is 35.3. The van der Waals surface area contributed by atoms with Gasteiger partial charge in [-0.25, -0.2) is 0 Å². The van der Waals surface area contributed by atoms with E-state index in [0.717, 1.165) is 39.7 Å². The lowest BCUT2D eigenvalue weighted by Crippen LogP contribution is -2.59. The predicted octanol–water partition coefficient (Wildman–Crippen LogP) is 8.26. The van der Waals surface area contributed by atoms with E-state index in [0.29, 0.717) is 37.1 Å². The summed E-state index contributed by atoms with van der Waals surface area (Å²) in [4.78, 5) is 0. The van der Waals surface area contributed by atoms with Crippen molar-refractivity contribution >= 4 is 0 Å². The molecule has 2 heterocycles. The van der Waals surface area contributed by atoms with Gasteiger partial charge in [0.15, 0.2) is 0 Å². The van der Waals surface area contributed by atoms with Crippen LogP contribution in [-0.2, 0) is 44.9 Å². The Morgan fingerprint density at radius 3 is 1.73 bits per heavy atom. The summed E-state index contributed by atoms with van der Waals surface area (Å²) in [6.07, 6.45) is -4.73. The first kappa shape index (κ1) is 36.1. The third kappa shape index (κ3) is 6.08. The van der Waals surface area contributed by atoms with Crippen LogP contribution in [-0.4, -0.2) is 32.6 Å². The van der Waals surface area contributed by atoms with Gasteiger partial charge in [0.25, 0.3) is 0 Å². The van der Waals surface area contributed by atoms with Crippen molar-refractivity contribution in [3.63, 3.8) is 0 Å². The maximum atomic E-state index is 14.5. The molecule has 0 amide bonds. The van der Waals surface area contributed by atoms with Crippen molar-refractivity contribution in [1.82, 2.24) is 9.13 Å². The van der Waals surface area contributed by atoms with Crippen LogP contribution in [0.1, 0.15) is 102 Å². The number of aliphatic hydroxyl groups excluding tert-OH is 1. The van der Waals surface area contributed by atoms with Gasteiger partial charge in [-0.2, -0.15) is 26.3 Å².